The Hall–Kier alpha value is -3.71. The van der Waals surface area contributed by atoms with Crippen LogP contribution in [0.2, 0.25) is 0 Å². The topological polar surface area (TPSA) is 59.3 Å². The largest absolute Gasteiger partial charge is 0.497 e. The van der Waals surface area contributed by atoms with Gasteiger partial charge in [-0.05, 0) is 52.2 Å². The third-order valence-electron chi connectivity index (χ3n) is 6.49. The predicted molar refractivity (Wildman–Crippen MR) is 133 cm³/mol. The minimum atomic E-state index is -0.0189. The van der Waals surface area contributed by atoms with Crippen LogP contribution in [0, 0.1) is 0 Å². The first kappa shape index (κ1) is 22.1. The highest BCUT2D eigenvalue weighted by Gasteiger charge is 2.30. The monoisotopic (exact) mass is 454 g/mol. The predicted octanol–water partition coefficient (Wildman–Crippen LogP) is 3.84. The van der Waals surface area contributed by atoms with E-state index in [0.717, 1.165) is 50.7 Å². The quantitative estimate of drug-likeness (QED) is 0.403. The summed E-state index contributed by atoms with van der Waals surface area (Å²) in [7, 11) is 1.69. The van der Waals surface area contributed by atoms with Gasteiger partial charge >= 0.3 is 0 Å². The van der Waals surface area contributed by atoms with Crippen LogP contribution in [0.15, 0.2) is 84.9 Å². The summed E-state index contributed by atoms with van der Waals surface area (Å²) < 4.78 is 7.36. The van der Waals surface area contributed by atoms with Crippen molar-refractivity contribution in [2.24, 2.45) is 0 Å². The van der Waals surface area contributed by atoms with Crippen molar-refractivity contribution in [3.8, 4) is 5.75 Å². The molecule has 0 aliphatic carbocycles. The molecule has 0 unspecified atom stereocenters. The van der Waals surface area contributed by atoms with Gasteiger partial charge in [0.1, 0.15) is 5.75 Å². The average molecular weight is 455 g/mol. The van der Waals surface area contributed by atoms with E-state index in [4.69, 9.17) is 4.74 Å². The summed E-state index contributed by atoms with van der Waals surface area (Å²) >= 11 is 0. The fourth-order valence-electron chi connectivity index (χ4n) is 4.63. The van der Waals surface area contributed by atoms with Crippen molar-refractivity contribution < 1.29 is 4.74 Å². The lowest BCUT2D eigenvalue weighted by Gasteiger charge is -2.40. The van der Waals surface area contributed by atoms with E-state index in [1.54, 1.807) is 7.11 Å². The first-order valence-corrected chi connectivity index (χ1v) is 11.8. The zero-order valence-corrected chi connectivity index (χ0v) is 19.5. The highest BCUT2D eigenvalue weighted by atomic mass is 16.5. The fourth-order valence-corrected chi connectivity index (χ4v) is 4.63. The van der Waals surface area contributed by atoms with E-state index in [1.807, 2.05) is 22.9 Å². The number of nitrogens with zero attached hydrogens (tertiary/aromatic N) is 6. The van der Waals surface area contributed by atoms with Gasteiger partial charge in [0.05, 0.1) is 13.2 Å². The number of methoxy groups -OCH3 is 1. The van der Waals surface area contributed by atoms with Crippen molar-refractivity contribution in [3.05, 3.63) is 102 Å². The van der Waals surface area contributed by atoms with Crippen molar-refractivity contribution in [1.82, 2.24) is 25.1 Å². The lowest BCUT2D eigenvalue weighted by Crippen LogP contribution is -2.48. The Bertz CT molecular complexity index is 1150. The molecule has 7 heteroatoms. The van der Waals surface area contributed by atoms with E-state index in [9.17, 15) is 0 Å². The van der Waals surface area contributed by atoms with Crippen LogP contribution in [-0.4, -0.2) is 58.4 Å². The maximum Gasteiger partial charge on any atom is 0.173 e. The molecular weight excluding hydrogens is 424 g/mol. The molecule has 7 nitrogen and oxygen atoms in total. The maximum absolute atomic E-state index is 5.39. The van der Waals surface area contributed by atoms with Crippen LogP contribution in [-0.2, 0) is 13.0 Å². The molecule has 3 aromatic carbocycles. The molecule has 5 rings (SSSR count). The lowest BCUT2D eigenvalue weighted by atomic mass is 10.0. The van der Waals surface area contributed by atoms with Gasteiger partial charge in [-0.25, -0.2) is 4.68 Å². The molecule has 1 fully saturated rings. The summed E-state index contributed by atoms with van der Waals surface area (Å²) in [5.41, 5.74) is 3.72. The van der Waals surface area contributed by atoms with Gasteiger partial charge in [0.25, 0.3) is 0 Å². The molecule has 1 aliphatic rings. The van der Waals surface area contributed by atoms with Crippen LogP contribution < -0.4 is 9.64 Å². The maximum atomic E-state index is 5.39. The molecule has 174 valence electrons. The molecule has 2 heterocycles. The van der Waals surface area contributed by atoms with Crippen LogP contribution in [0.25, 0.3) is 0 Å². The number of hydrogen-bond donors (Lipinski definition) is 0. The van der Waals surface area contributed by atoms with E-state index in [1.165, 1.54) is 16.8 Å². The molecule has 1 aromatic heterocycles. The Morgan fingerprint density at radius 1 is 0.824 bits per heavy atom. The van der Waals surface area contributed by atoms with Gasteiger partial charge in [-0.2, -0.15) is 0 Å². The van der Waals surface area contributed by atoms with E-state index in [0.29, 0.717) is 0 Å². The molecule has 0 spiro atoms. The summed E-state index contributed by atoms with van der Waals surface area (Å²) in [5.74, 6) is 1.73. The van der Waals surface area contributed by atoms with Crippen LogP contribution in [0.3, 0.4) is 0 Å². The molecule has 0 radical (unpaired) electrons. The highest BCUT2D eigenvalue weighted by molar-refractivity contribution is 5.46. The molecule has 1 aliphatic heterocycles. The second-order valence-electron chi connectivity index (χ2n) is 8.53. The number of rotatable bonds is 8. The first-order chi connectivity index (χ1) is 16.8. The minimum Gasteiger partial charge on any atom is -0.497 e. The van der Waals surface area contributed by atoms with Crippen LogP contribution in [0.1, 0.15) is 23.0 Å². The Morgan fingerprint density at radius 2 is 1.50 bits per heavy atom. The summed E-state index contributed by atoms with van der Waals surface area (Å²) in [6, 6.07) is 29.4. The molecule has 4 aromatic rings. The minimum absolute atomic E-state index is 0.0189. The number of hydrogen-bond acceptors (Lipinski definition) is 6. The number of tetrazole rings is 1. The second-order valence-corrected chi connectivity index (χ2v) is 8.53. The Kier molecular flexibility index (Phi) is 6.81. The van der Waals surface area contributed by atoms with Gasteiger partial charge < -0.3 is 9.64 Å². The first-order valence-electron chi connectivity index (χ1n) is 11.8. The van der Waals surface area contributed by atoms with E-state index < -0.39 is 0 Å². The van der Waals surface area contributed by atoms with Gasteiger partial charge in [0, 0.05) is 38.4 Å². The molecule has 0 N–H and O–H groups in total. The molecule has 1 atom stereocenters. The summed E-state index contributed by atoms with van der Waals surface area (Å²) in [4.78, 5) is 4.94. The lowest BCUT2D eigenvalue weighted by molar-refractivity contribution is 0.200. The van der Waals surface area contributed by atoms with Crippen molar-refractivity contribution >= 4 is 5.69 Å². The summed E-state index contributed by atoms with van der Waals surface area (Å²) in [6.45, 7) is 4.52. The second kappa shape index (κ2) is 10.5. The van der Waals surface area contributed by atoms with Crippen LogP contribution >= 0.6 is 0 Å². The van der Waals surface area contributed by atoms with Crippen molar-refractivity contribution in [2.45, 2.75) is 19.0 Å². The molecule has 0 bridgehead atoms. The SMILES string of the molecule is COc1ccc([C@@H](c2nnnn2CCc2ccccc2)N2CCN(c3ccccc3)CC2)cc1. The zero-order chi connectivity index (χ0) is 23.2. The number of aryl methyl sites for hydroxylation is 2. The fraction of sp³-hybridized carbons (Fsp3) is 0.296. The van der Waals surface area contributed by atoms with Crippen molar-refractivity contribution in [2.75, 3.05) is 38.2 Å². The molecule has 34 heavy (non-hydrogen) atoms. The Morgan fingerprint density at radius 3 is 2.18 bits per heavy atom. The van der Waals surface area contributed by atoms with Gasteiger partial charge in [-0.1, -0.05) is 60.7 Å². The number of piperazine rings is 1. The number of aromatic nitrogens is 4. The smallest absolute Gasteiger partial charge is 0.173 e. The van der Waals surface area contributed by atoms with E-state index >= 15 is 0 Å². The molecule has 0 amide bonds. The van der Waals surface area contributed by atoms with Gasteiger partial charge in [0.2, 0.25) is 0 Å². The normalized spacial score (nSPS) is 15.3. The Balaban J connectivity index is 1.39. The van der Waals surface area contributed by atoms with Crippen LogP contribution in [0.5, 0.6) is 5.75 Å². The van der Waals surface area contributed by atoms with Gasteiger partial charge in [-0.3, -0.25) is 4.90 Å². The van der Waals surface area contributed by atoms with Gasteiger partial charge in [-0.15, -0.1) is 5.10 Å². The molecular formula is C27H30N6O. The van der Waals surface area contributed by atoms with Crippen LogP contribution in [0.4, 0.5) is 5.69 Å². The standard InChI is InChI=1S/C27H30N6O/c1-34-25-14-12-23(13-15-25)26(32-20-18-31(19-21-32)24-10-6-3-7-11-24)27-28-29-30-33(27)17-16-22-8-4-2-5-9-22/h2-15,26H,16-21H2,1H3/t26-/m0/s1. The number of para-hydroxylation sites is 1. The summed E-state index contributed by atoms with van der Waals surface area (Å²) in [5, 5.41) is 13.0. The number of ether oxygens (including phenoxy) is 1. The number of anilines is 1. The zero-order valence-electron chi connectivity index (χ0n) is 19.5. The number of benzene rings is 3. The highest BCUT2D eigenvalue weighted by Crippen LogP contribution is 2.30. The third kappa shape index (κ3) is 4.94. The van der Waals surface area contributed by atoms with Gasteiger partial charge in [0.15, 0.2) is 5.82 Å². The van der Waals surface area contributed by atoms with E-state index in [-0.39, 0.29) is 6.04 Å². The van der Waals surface area contributed by atoms with E-state index in [2.05, 4.69) is 92.1 Å². The van der Waals surface area contributed by atoms with Crippen molar-refractivity contribution in [1.29, 1.82) is 0 Å². The third-order valence-corrected chi connectivity index (χ3v) is 6.49. The average Bonchev–Trinajstić information content (AvgIpc) is 3.37. The summed E-state index contributed by atoms with van der Waals surface area (Å²) in [6.07, 6.45) is 0.885. The Labute approximate surface area is 200 Å². The molecule has 1 saturated heterocycles. The van der Waals surface area contributed by atoms with Crippen molar-refractivity contribution in [3.63, 3.8) is 0 Å². The molecule has 0 saturated carbocycles.